The van der Waals surface area contributed by atoms with Crippen molar-refractivity contribution in [1.82, 2.24) is 19.9 Å². The fraction of sp³-hybridized carbons (Fsp3) is 0.593. The molecular weight excluding hydrogens is 454 g/mol. The predicted molar refractivity (Wildman–Crippen MR) is 137 cm³/mol. The molecule has 2 aromatic rings. The molecule has 1 aliphatic carbocycles. The largest absolute Gasteiger partial charge is 0.444 e. The molecule has 2 atom stereocenters. The lowest BCUT2D eigenvalue weighted by molar-refractivity contribution is 0.0129. The number of ether oxygens (including phenoxy) is 1. The van der Waals surface area contributed by atoms with Gasteiger partial charge in [0.15, 0.2) is 0 Å². The average Bonchev–Trinajstić information content (AvgIpc) is 3.44. The molecule has 0 N–H and O–H groups in total. The van der Waals surface area contributed by atoms with E-state index in [1.807, 2.05) is 31.7 Å². The van der Waals surface area contributed by atoms with Gasteiger partial charge in [0.2, 0.25) is 0 Å². The Kier molecular flexibility index (Phi) is 6.01. The van der Waals surface area contributed by atoms with E-state index in [9.17, 15) is 10.1 Å². The van der Waals surface area contributed by atoms with Crippen LogP contribution in [0.5, 0.6) is 0 Å². The zero-order chi connectivity index (χ0) is 25.7. The van der Waals surface area contributed by atoms with Crippen molar-refractivity contribution in [2.24, 2.45) is 0 Å². The van der Waals surface area contributed by atoms with Crippen molar-refractivity contribution < 1.29 is 9.53 Å². The lowest BCUT2D eigenvalue weighted by atomic mass is 9.81. The van der Waals surface area contributed by atoms with Crippen molar-refractivity contribution in [2.45, 2.75) is 83.4 Å². The molecule has 190 valence electrons. The van der Waals surface area contributed by atoms with Gasteiger partial charge in [-0.2, -0.15) is 5.26 Å². The third kappa shape index (κ3) is 4.23. The zero-order valence-corrected chi connectivity index (χ0v) is 21.9. The highest BCUT2D eigenvalue weighted by molar-refractivity contribution is 5.75. The van der Waals surface area contributed by atoms with Crippen LogP contribution >= 0.6 is 0 Å². The van der Waals surface area contributed by atoms with E-state index in [0.717, 1.165) is 36.8 Å². The summed E-state index contributed by atoms with van der Waals surface area (Å²) >= 11 is 0. The molecule has 0 aromatic carbocycles. The number of piperazine rings is 1. The van der Waals surface area contributed by atoms with Gasteiger partial charge in [-0.15, -0.1) is 0 Å². The summed E-state index contributed by atoms with van der Waals surface area (Å²) in [6.45, 7) is 11.9. The molecule has 2 fully saturated rings. The number of anilines is 3. The summed E-state index contributed by atoms with van der Waals surface area (Å²) in [6.07, 6.45) is 7.57. The molecule has 1 saturated carbocycles. The van der Waals surface area contributed by atoms with Crippen LogP contribution in [0.15, 0.2) is 24.7 Å². The smallest absolute Gasteiger partial charge is 0.410 e. The summed E-state index contributed by atoms with van der Waals surface area (Å²) in [5, 5.41) is 9.43. The Labute approximate surface area is 213 Å². The fourth-order valence-electron chi connectivity index (χ4n) is 6.00. The van der Waals surface area contributed by atoms with E-state index in [1.165, 1.54) is 18.4 Å². The first-order valence-electron chi connectivity index (χ1n) is 12.9. The molecule has 1 amide bonds. The van der Waals surface area contributed by atoms with Crippen molar-refractivity contribution in [2.75, 3.05) is 29.4 Å². The second-order valence-corrected chi connectivity index (χ2v) is 11.5. The highest BCUT2D eigenvalue weighted by atomic mass is 16.6. The highest BCUT2D eigenvalue weighted by Gasteiger charge is 2.50. The lowest BCUT2D eigenvalue weighted by Gasteiger charge is -2.45. The summed E-state index contributed by atoms with van der Waals surface area (Å²) in [6, 6.07) is 5.84. The van der Waals surface area contributed by atoms with Crippen LogP contribution < -0.4 is 9.80 Å². The number of hydrogen-bond donors (Lipinski definition) is 0. The molecule has 1 saturated heterocycles. The predicted octanol–water partition coefficient (Wildman–Crippen LogP) is 4.54. The summed E-state index contributed by atoms with van der Waals surface area (Å²) in [5.41, 5.74) is 1.21. The molecule has 9 heteroatoms. The molecule has 2 aliphatic heterocycles. The molecule has 0 unspecified atom stereocenters. The van der Waals surface area contributed by atoms with Crippen molar-refractivity contribution in [1.29, 1.82) is 5.26 Å². The van der Waals surface area contributed by atoms with Gasteiger partial charge >= 0.3 is 6.09 Å². The Morgan fingerprint density at radius 1 is 1.11 bits per heavy atom. The Hall–Kier alpha value is -3.41. The second-order valence-electron chi connectivity index (χ2n) is 11.5. The number of amides is 1. The Morgan fingerprint density at radius 3 is 2.53 bits per heavy atom. The number of fused-ring (bicyclic) bond motifs is 2. The van der Waals surface area contributed by atoms with E-state index >= 15 is 0 Å². The van der Waals surface area contributed by atoms with Crippen molar-refractivity contribution in [3.63, 3.8) is 0 Å². The molecule has 0 bridgehead atoms. The number of carbonyl (C=O) groups is 1. The van der Waals surface area contributed by atoms with E-state index in [2.05, 4.69) is 34.7 Å². The van der Waals surface area contributed by atoms with Gasteiger partial charge in [-0.05, 0) is 59.6 Å². The maximum Gasteiger partial charge on any atom is 0.410 e. The second kappa shape index (κ2) is 8.91. The summed E-state index contributed by atoms with van der Waals surface area (Å²) in [7, 11) is 0. The maximum atomic E-state index is 12.9. The lowest BCUT2D eigenvalue weighted by Crippen LogP contribution is -2.59. The van der Waals surface area contributed by atoms with Gasteiger partial charge in [-0.1, -0.05) is 12.8 Å². The van der Waals surface area contributed by atoms with Crippen LogP contribution in [-0.2, 0) is 10.2 Å². The first-order chi connectivity index (χ1) is 17.1. The number of rotatable bonds is 2. The van der Waals surface area contributed by atoms with Gasteiger partial charge < -0.3 is 19.4 Å². The average molecular weight is 490 g/mol. The van der Waals surface area contributed by atoms with Gasteiger partial charge in [0.25, 0.3) is 0 Å². The number of pyridine rings is 1. The molecule has 2 aromatic heterocycles. The molecule has 36 heavy (non-hydrogen) atoms. The third-order valence-corrected chi connectivity index (χ3v) is 7.65. The monoisotopic (exact) mass is 489 g/mol. The van der Waals surface area contributed by atoms with Crippen LogP contribution in [0.25, 0.3) is 0 Å². The summed E-state index contributed by atoms with van der Waals surface area (Å²) in [5.74, 6) is 2.60. The summed E-state index contributed by atoms with van der Waals surface area (Å²) in [4.78, 5) is 33.4. The Balaban J connectivity index is 1.51. The molecule has 0 radical (unpaired) electrons. The number of nitriles is 1. The van der Waals surface area contributed by atoms with E-state index in [0.29, 0.717) is 18.7 Å². The van der Waals surface area contributed by atoms with Crippen LogP contribution in [0.1, 0.15) is 71.4 Å². The van der Waals surface area contributed by atoms with Gasteiger partial charge in [-0.25, -0.2) is 19.7 Å². The molecule has 1 spiro atoms. The van der Waals surface area contributed by atoms with Crippen LogP contribution in [0.3, 0.4) is 0 Å². The van der Waals surface area contributed by atoms with Gasteiger partial charge in [-0.3, -0.25) is 0 Å². The molecular formula is C27H35N7O2. The van der Waals surface area contributed by atoms with Gasteiger partial charge in [0.05, 0.1) is 11.6 Å². The SMILES string of the molecule is C[C@@H]1CN(c2ncnc3c2C2(CCCC2)CN3c2cc(C#N)ccn2)[C@@H](C)CN1C(=O)OC(C)(C)C. The van der Waals surface area contributed by atoms with E-state index in [-0.39, 0.29) is 23.6 Å². The Bertz CT molecular complexity index is 1200. The number of hydrogen-bond acceptors (Lipinski definition) is 8. The highest BCUT2D eigenvalue weighted by Crippen LogP contribution is 2.54. The summed E-state index contributed by atoms with van der Waals surface area (Å²) < 4.78 is 5.68. The standard InChI is InChI=1S/C27H35N7O2/c1-18-15-33(25(35)36-26(3,4)5)19(2)14-32(18)23-22-24(31-17-30-23)34(16-27(22)9-6-7-10-27)21-12-20(13-28)8-11-29-21/h8,11-12,17-19H,6-7,9-10,14-16H2,1-5H3/t18-,19+/m0/s1. The van der Waals surface area contributed by atoms with E-state index < -0.39 is 5.60 Å². The van der Waals surface area contributed by atoms with Crippen LogP contribution in [0.2, 0.25) is 0 Å². The van der Waals surface area contributed by atoms with E-state index in [1.54, 1.807) is 18.6 Å². The van der Waals surface area contributed by atoms with Crippen LogP contribution in [-0.4, -0.2) is 63.3 Å². The van der Waals surface area contributed by atoms with Crippen LogP contribution in [0, 0.1) is 11.3 Å². The minimum Gasteiger partial charge on any atom is -0.444 e. The fourth-order valence-corrected chi connectivity index (χ4v) is 6.00. The number of nitrogens with zero attached hydrogens (tertiary/aromatic N) is 7. The Morgan fingerprint density at radius 2 is 1.83 bits per heavy atom. The normalized spacial score (nSPS) is 23.1. The van der Waals surface area contributed by atoms with E-state index in [4.69, 9.17) is 14.7 Å². The maximum absolute atomic E-state index is 12.9. The first-order valence-corrected chi connectivity index (χ1v) is 12.9. The van der Waals surface area contributed by atoms with Crippen LogP contribution in [0.4, 0.5) is 22.2 Å². The molecule has 5 rings (SSSR count). The quantitative estimate of drug-likeness (QED) is 0.606. The zero-order valence-electron chi connectivity index (χ0n) is 21.9. The third-order valence-electron chi connectivity index (χ3n) is 7.65. The number of aromatic nitrogens is 3. The minimum absolute atomic E-state index is 0.0207. The van der Waals surface area contributed by atoms with Crippen molar-refractivity contribution in [3.05, 3.63) is 35.8 Å². The molecule has 3 aliphatic rings. The van der Waals surface area contributed by atoms with Gasteiger partial charge in [0, 0.05) is 48.9 Å². The topological polar surface area (TPSA) is 98.5 Å². The molecule has 4 heterocycles. The minimum atomic E-state index is -0.528. The van der Waals surface area contributed by atoms with Crippen molar-refractivity contribution in [3.8, 4) is 6.07 Å². The molecule has 9 nitrogen and oxygen atoms in total. The first kappa shape index (κ1) is 24.3. The van der Waals surface area contributed by atoms with Gasteiger partial charge in [0.1, 0.15) is 29.4 Å². The number of carbonyl (C=O) groups excluding carboxylic acids is 1. The van der Waals surface area contributed by atoms with Crippen molar-refractivity contribution >= 4 is 23.5 Å².